The maximum atomic E-state index is 12.5. The van der Waals surface area contributed by atoms with Crippen LogP contribution in [0, 0.1) is 0 Å². The second kappa shape index (κ2) is 5.64. The molecule has 1 aliphatic heterocycles. The number of anilines is 1. The molecule has 0 bridgehead atoms. The molecule has 124 valence electrons. The second-order valence-electron chi connectivity index (χ2n) is 5.06. The maximum Gasteiger partial charge on any atom is 0.264 e. The molecule has 0 radical (unpaired) electrons. The quantitative estimate of drug-likeness (QED) is 0.755. The number of sulfonamides is 1. The summed E-state index contributed by atoms with van der Waals surface area (Å²) in [7, 11) is -3.86. The summed E-state index contributed by atoms with van der Waals surface area (Å²) in [6.45, 7) is 1.01. The van der Waals surface area contributed by atoms with Crippen LogP contribution in [0.3, 0.4) is 0 Å². The van der Waals surface area contributed by atoms with E-state index in [1.165, 1.54) is 16.6 Å². The van der Waals surface area contributed by atoms with E-state index in [9.17, 15) is 8.42 Å². The number of aromatic nitrogens is 4. The van der Waals surface area contributed by atoms with Crippen molar-refractivity contribution in [3.63, 3.8) is 0 Å². The van der Waals surface area contributed by atoms with Crippen molar-refractivity contribution in [2.45, 2.75) is 11.3 Å². The predicted molar refractivity (Wildman–Crippen MR) is 83.6 cm³/mol. The molecule has 0 atom stereocenters. The van der Waals surface area contributed by atoms with Crippen molar-refractivity contribution < 1.29 is 17.9 Å². The molecule has 0 amide bonds. The van der Waals surface area contributed by atoms with Crippen LogP contribution in [0.15, 0.2) is 41.6 Å². The normalized spacial score (nSPS) is 14.3. The van der Waals surface area contributed by atoms with E-state index in [1.54, 1.807) is 24.5 Å². The number of hydrogen-bond donors (Lipinski definition) is 1. The average Bonchev–Trinajstić information content (AvgIpc) is 2.81. The molecule has 1 aromatic carbocycles. The van der Waals surface area contributed by atoms with E-state index < -0.39 is 10.0 Å². The van der Waals surface area contributed by atoms with Crippen LogP contribution in [0.5, 0.6) is 11.5 Å². The SMILES string of the molecule is O=S(=O)(Nc1nc2ncccn2n1)c1ccc2c(c1)OCCCO2. The number of hydrogen-bond acceptors (Lipinski definition) is 7. The highest BCUT2D eigenvalue weighted by molar-refractivity contribution is 7.92. The Morgan fingerprint density at radius 1 is 1.17 bits per heavy atom. The zero-order valence-corrected chi connectivity index (χ0v) is 13.2. The lowest BCUT2D eigenvalue weighted by molar-refractivity contribution is 0.297. The minimum absolute atomic E-state index is 0.0403. The summed E-state index contributed by atoms with van der Waals surface area (Å²) in [6.07, 6.45) is 3.92. The molecule has 0 saturated heterocycles. The minimum atomic E-state index is -3.86. The van der Waals surface area contributed by atoms with Crippen LogP contribution in [0.2, 0.25) is 0 Å². The zero-order valence-electron chi connectivity index (χ0n) is 12.4. The van der Waals surface area contributed by atoms with Gasteiger partial charge in [-0.15, -0.1) is 5.10 Å². The lowest BCUT2D eigenvalue weighted by Crippen LogP contribution is -2.14. The van der Waals surface area contributed by atoms with Crippen LogP contribution in [-0.4, -0.2) is 41.2 Å². The first-order valence-corrected chi connectivity index (χ1v) is 8.70. The van der Waals surface area contributed by atoms with Gasteiger partial charge in [0.1, 0.15) is 0 Å². The monoisotopic (exact) mass is 347 g/mol. The molecule has 0 aliphatic carbocycles. The fourth-order valence-corrected chi connectivity index (χ4v) is 3.22. The first kappa shape index (κ1) is 14.7. The lowest BCUT2D eigenvalue weighted by atomic mass is 10.3. The molecule has 0 saturated carbocycles. The van der Waals surface area contributed by atoms with Gasteiger partial charge in [-0.1, -0.05) is 0 Å². The van der Waals surface area contributed by atoms with Crippen molar-refractivity contribution in [1.29, 1.82) is 0 Å². The van der Waals surface area contributed by atoms with Crippen LogP contribution < -0.4 is 14.2 Å². The Morgan fingerprint density at radius 2 is 2.00 bits per heavy atom. The highest BCUT2D eigenvalue weighted by atomic mass is 32.2. The van der Waals surface area contributed by atoms with Crippen molar-refractivity contribution in [1.82, 2.24) is 19.6 Å². The summed E-state index contributed by atoms with van der Waals surface area (Å²) < 4.78 is 39.8. The standard InChI is InChI=1S/C14H13N5O4S/c20-24(21,18-13-16-14-15-5-1-6-19(14)17-13)10-3-4-11-12(9-10)23-8-2-7-22-11/h1,3-6,9H,2,7-8H2,(H,17,18). The van der Waals surface area contributed by atoms with E-state index >= 15 is 0 Å². The van der Waals surface area contributed by atoms with E-state index in [-0.39, 0.29) is 10.8 Å². The van der Waals surface area contributed by atoms with E-state index in [0.717, 1.165) is 6.42 Å². The van der Waals surface area contributed by atoms with E-state index in [4.69, 9.17) is 9.47 Å². The molecule has 2 aromatic heterocycles. The van der Waals surface area contributed by atoms with Gasteiger partial charge >= 0.3 is 0 Å². The third-order valence-corrected chi connectivity index (χ3v) is 4.70. The van der Waals surface area contributed by atoms with Gasteiger partial charge in [0.2, 0.25) is 0 Å². The van der Waals surface area contributed by atoms with Gasteiger partial charge in [0.05, 0.1) is 18.1 Å². The Hall–Kier alpha value is -2.88. The molecule has 3 heterocycles. The highest BCUT2D eigenvalue weighted by Gasteiger charge is 2.20. The third-order valence-electron chi connectivity index (χ3n) is 3.37. The van der Waals surface area contributed by atoms with Gasteiger partial charge in [-0.2, -0.15) is 4.98 Å². The van der Waals surface area contributed by atoms with Gasteiger partial charge < -0.3 is 9.47 Å². The number of fused-ring (bicyclic) bond motifs is 2. The van der Waals surface area contributed by atoms with Crippen molar-refractivity contribution in [2.24, 2.45) is 0 Å². The average molecular weight is 347 g/mol. The van der Waals surface area contributed by atoms with Crippen LogP contribution in [0.4, 0.5) is 5.95 Å². The van der Waals surface area contributed by atoms with Gasteiger partial charge in [-0.05, 0) is 18.2 Å². The predicted octanol–water partition coefficient (Wildman–Crippen LogP) is 1.09. The Bertz CT molecular complexity index is 968. The van der Waals surface area contributed by atoms with E-state index in [2.05, 4.69) is 19.8 Å². The molecule has 1 aliphatic rings. The van der Waals surface area contributed by atoms with Crippen molar-refractivity contribution in [3.8, 4) is 11.5 Å². The van der Waals surface area contributed by atoms with Crippen LogP contribution >= 0.6 is 0 Å². The molecule has 24 heavy (non-hydrogen) atoms. The largest absolute Gasteiger partial charge is 0.490 e. The summed E-state index contributed by atoms with van der Waals surface area (Å²) in [5, 5.41) is 4.02. The molecule has 0 spiro atoms. The van der Waals surface area contributed by atoms with Crippen LogP contribution in [0.25, 0.3) is 5.78 Å². The third kappa shape index (κ3) is 2.71. The Kier molecular flexibility index (Phi) is 3.45. The maximum absolute atomic E-state index is 12.5. The summed E-state index contributed by atoms with van der Waals surface area (Å²) in [5.74, 6) is 1.18. The molecule has 4 rings (SSSR count). The zero-order chi connectivity index (χ0) is 16.6. The molecule has 3 aromatic rings. The van der Waals surface area contributed by atoms with Crippen molar-refractivity contribution in [3.05, 3.63) is 36.7 Å². The topological polar surface area (TPSA) is 108 Å². The van der Waals surface area contributed by atoms with Crippen LogP contribution in [-0.2, 0) is 10.0 Å². The summed E-state index contributed by atoms with van der Waals surface area (Å²) >= 11 is 0. The Labute approximate surface area is 137 Å². The molecule has 10 heteroatoms. The van der Waals surface area contributed by atoms with Gasteiger partial charge in [-0.25, -0.2) is 22.6 Å². The minimum Gasteiger partial charge on any atom is -0.490 e. The van der Waals surface area contributed by atoms with Crippen molar-refractivity contribution in [2.75, 3.05) is 17.9 Å². The fraction of sp³-hybridized carbons (Fsp3) is 0.214. The van der Waals surface area contributed by atoms with Gasteiger partial charge in [0.25, 0.3) is 21.7 Å². The molecule has 0 unspecified atom stereocenters. The number of benzene rings is 1. The molecule has 0 fully saturated rings. The molecular weight excluding hydrogens is 334 g/mol. The van der Waals surface area contributed by atoms with Gasteiger partial charge in [-0.3, -0.25) is 0 Å². The summed E-state index contributed by atoms with van der Waals surface area (Å²) in [4.78, 5) is 8.05. The number of ether oxygens (including phenoxy) is 2. The van der Waals surface area contributed by atoms with Gasteiger partial charge in [0.15, 0.2) is 11.5 Å². The first-order chi connectivity index (χ1) is 11.6. The molecule has 9 nitrogen and oxygen atoms in total. The molecule has 1 N–H and O–H groups in total. The lowest BCUT2D eigenvalue weighted by Gasteiger charge is -2.10. The molecular formula is C14H13N5O4S. The van der Waals surface area contributed by atoms with Crippen LogP contribution in [0.1, 0.15) is 6.42 Å². The Morgan fingerprint density at radius 3 is 2.83 bits per heavy atom. The van der Waals surface area contributed by atoms with E-state index in [0.29, 0.717) is 30.5 Å². The first-order valence-electron chi connectivity index (χ1n) is 7.22. The number of rotatable bonds is 3. The summed E-state index contributed by atoms with van der Waals surface area (Å²) in [5.41, 5.74) is 0. The summed E-state index contributed by atoms with van der Waals surface area (Å²) in [6, 6.07) is 6.12. The number of nitrogens with zero attached hydrogens (tertiary/aromatic N) is 4. The number of nitrogens with one attached hydrogen (secondary N) is 1. The van der Waals surface area contributed by atoms with Gasteiger partial charge in [0, 0.05) is 24.9 Å². The highest BCUT2D eigenvalue weighted by Crippen LogP contribution is 2.32. The van der Waals surface area contributed by atoms with E-state index in [1.807, 2.05) is 0 Å². The van der Waals surface area contributed by atoms with Crippen molar-refractivity contribution >= 4 is 21.7 Å². The second-order valence-corrected chi connectivity index (χ2v) is 6.75. The Balaban J connectivity index is 1.66. The fourth-order valence-electron chi connectivity index (χ4n) is 2.27. The smallest absolute Gasteiger partial charge is 0.264 e.